The lowest BCUT2D eigenvalue weighted by Gasteiger charge is -2.40. The van der Waals surface area contributed by atoms with E-state index < -0.39 is 0 Å². The van der Waals surface area contributed by atoms with Gasteiger partial charge in [-0.3, -0.25) is 0 Å². The maximum atomic E-state index is 9.51. The highest BCUT2D eigenvalue weighted by Crippen LogP contribution is 2.51. The second-order valence-electron chi connectivity index (χ2n) is 4.63. The molecule has 0 bridgehead atoms. The molecule has 0 amide bonds. The number of nitrogens with zero attached hydrogens (tertiary/aromatic N) is 1. The van der Waals surface area contributed by atoms with E-state index in [0.29, 0.717) is 6.61 Å². The Bertz CT molecular complexity index is 333. The quantitative estimate of drug-likeness (QED) is 0.829. The smallest absolute Gasteiger partial charge is 0.0798 e. The first kappa shape index (κ1) is 8.86. The predicted octanol–water partition coefficient (Wildman–Crippen LogP) is 2.43. The Morgan fingerprint density at radius 2 is 2.29 bits per heavy atom. The molecule has 0 aromatic carbocycles. The molecule has 0 unspecified atom stereocenters. The van der Waals surface area contributed by atoms with Gasteiger partial charge in [0.25, 0.3) is 0 Å². The summed E-state index contributed by atoms with van der Waals surface area (Å²) in [5, 5.41) is 9.51. The van der Waals surface area contributed by atoms with Crippen LogP contribution in [-0.2, 0) is 5.41 Å². The first-order valence-corrected chi connectivity index (χ1v) is 6.28. The maximum absolute atomic E-state index is 9.51. The van der Waals surface area contributed by atoms with Gasteiger partial charge in [0, 0.05) is 16.2 Å². The van der Waals surface area contributed by atoms with E-state index in [1.807, 2.05) is 5.51 Å². The van der Waals surface area contributed by atoms with E-state index in [1.165, 1.54) is 29.8 Å². The van der Waals surface area contributed by atoms with Gasteiger partial charge in [0.15, 0.2) is 0 Å². The van der Waals surface area contributed by atoms with Gasteiger partial charge in [-0.25, -0.2) is 4.98 Å². The molecule has 1 aromatic rings. The summed E-state index contributed by atoms with van der Waals surface area (Å²) in [5.41, 5.74) is 3.38. The number of hydrogen-bond acceptors (Lipinski definition) is 3. The number of hydrogen-bond donors (Lipinski definition) is 1. The summed E-state index contributed by atoms with van der Waals surface area (Å²) in [6.07, 6.45) is 6.19. The highest BCUT2D eigenvalue weighted by Gasteiger charge is 2.43. The largest absolute Gasteiger partial charge is 0.395 e. The number of rotatable bonds is 3. The van der Waals surface area contributed by atoms with Crippen LogP contribution in [0.4, 0.5) is 0 Å². The summed E-state index contributed by atoms with van der Waals surface area (Å²) in [4.78, 5) is 5.88. The van der Waals surface area contributed by atoms with Crippen molar-refractivity contribution in [2.24, 2.45) is 0 Å². The van der Waals surface area contributed by atoms with Crippen molar-refractivity contribution in [2.45, 2.75) is 43.4 Å². The average Bonchev–Trinajstić information content (AvgIpc) is 2.86. The normalized spacial score (nSPS) is 24.6. The lowest BCUT2D eigenvalue weighted by atomic mass is 9.68. The lowest BCUT2D eigenvalue weighted by Crippen LogP contribution is -2.37. The van der Waals surface area contributed by atoms with Gasteiger partial charge in [-0.2, -0.15) is 0 Å². The van der Waals surface area contributed by atoms with E-state index >= 15 is 0 Å². The fourth-order valence-electron chi connectivity index (χ4n) is 2.36. The number of aliphatic hydroxyl groups excluding tert-OH is 1. The number of aromatic nitrogens is 1. The molecule has 1 aromatic heterocycles. The van der Waals surface area contributed by atoms with Gasteiger partial charge in [0.2, 0.25) is 0 Å². The fourth-order valence-corrected chi connectivity index (χ4v) is 3.49. The van der Waals surface area contributed by atoms with Gasteiger partial charge >= 0.3 is 0 Å². The Labute approximate surface area is 88.0 Å². The van der Waals surface area contributed by atoms with Crippen LogP contribution in [0.15, 0.2) is 5.51 Å². The molecule has 0 spiro atoms. The first-order valence-electron chi connectivity index (χ1n) is 5.40. The van der Waals surface area contributed by atoms with Crippen molar-refractivity contribution in [1.29, 1.82) is 0 Å². The van der Waals surface area contributed by atoms with Gasteiger partial charge in [-0.1, -0.05) is 6.42 Å². The fraction of sp³-hybridized carbons (Fsp3) is 0.727. The summed E-state index contributed by atoms with van der Waals surface area (Å²) < 4.78 is 0. The molecule has 2 fully saturated rings. The van der Waals surface area contributed by atoms with Crippen LogP contribution < -0.4 is 0 Å². The van der Waals surface area contributed by atoms with E-state index in [2.05, 4.69) is 4.98 Å². The van der Waals surface area contributed by atoms with Crippen molar-refractivity contribution in [2.75, 3.05) is 6.61 Å². The van der Waals surface area contributed by atoms with E-state index in [4.69, 9.17) is 0 Å². The minimum atomic E-state index is 0.110. The zero-order chi connectivity index (χ0) is 9.60. The molecule has 1 heterocycles. The zero-order valence-corrected chi connectivity index (χ0v) is 9.02. The molecule has 0 aliphatic heterocycles. The van der Waals surface area contributed by atoms with Crippen molar-refractivity contribution in [3.63, 3.8) is 0 Å². The standard InChI is InChI=1S/C11H15NOS/c13-6-11(4-1-5-11)10-9(8-2-3-8)12-7-14-10/h7-8,13H,1-6H2. The SMILES string of the molecule is OCC1(c2scnc2C2CC2)CCC1. The third-order valence-corrected chi connectivity index (χ3v) is 4.74. The van der Waals surface area contributed by atoms with E-state index in [-0.39, 0.29) is 5.41 Å². The highest BCUT2D eigenvalue weighted by atomic mass is 32.1. The molecular weight excluding hydrogens is 194 g/mol. The minimum Gasteiger partial charge on any atom is -0.395 e. The van der Waals surface area contributed by atoms with Crippen molar-refractivity contribution < 1.29 is 5.11 Å². The third kappa shape index (κ3) is 1.15. The van der Waals surface area contributed by atoms with Crippen LogP contribution >= 0.6 is 11.3 Å². The van der Waals surface area contributed by atoms with Crippen LogP contribution in [0.2, 0.25) is 0 Å². The molecule has 0 saturated heterocycles. The molecule has 3 rings (SSSR count). The minimum absolute atomic E-state index is 0.110. The van der Waals surface area contributed by atoms with E-state index in [0.717, 1.165) is 18.8 Å². The maximum Gasteiger partial charge on any atom is 0.0798 e. The van der Waals surface area contributed by atoms with Crippen LogP contribution in [0.1, 0.15) is 48.6 Å². The van der Waals surface area contributed by atoms with Crippen molar-refractivity contribution in [3.8, 4) is 0 Å². The van der Waals surface area contributed by atoms with Gasteiger partial charge < -0.3 is 5.11 Å². The van der Waals surface area contributed by atoms with Crippen molar-refractivity contribution in [3.05, 3.63) is 16.1 Å². The van der Waals surface area contributed by atoms with Gasteiger partial charge in [0.1, 0.15) is 0 Å². The monoisotopic (exact) mass is 209 g/mol. The summed E-state index contributed by atoms with van der Waals surface area (Å²) in [5.74, 6) is 0.722. The topological polar surface area (TPSA) is 33.1 Å². The molecule has 0 atom stereocenters. The van der Waals surface area contributed by atoms with Gasteiger partial charge in [-0.05, 0) is 25.7 Å². The Hall–Kier alpha value is -0.410. The van der Waals surface area contributed by atoms with Crippen LogP contribution in [0.3, 0.4) is 0 Å². The molecule has 1 N–H and O–H groups in total. The van der Waals surface area contributed by atoms with Crippen LogP contribution in [0.25, 0.3) is 0 Å². The lowest BCUT2D eigenvalue weighted by molar-refractivity contribution is 0.122. The highest BCUT2D eigenvalue weighted by molar-refractivity contribution is 7.10. The molecule has 3 heteroatoms. The summed E-state index contributed by atoms with van der Waals surface area (Å²) in [7, 11) is 0. The molecule has 0 radical (unpaired) electrons. The second-order valence-corrected chi connectivity index (χ2v) is 5.49. The molecule has 14 heavy (non-hydrogen) atoms. The van der Waals surface area contributed by atoms with Crippen LogP contribution in [-0.4, -0.2) is 16.7 Å². The Morgan fingerprint density at radius 1 is 1.50 bits per heavy atom. The Kier molecular flexibility index (Phi) is 1.92. The van der Waals surface area contributed by atoms with Gasteiger partial charge in [-0.15, -0.1) is 11.3 Å². The molecule has 2 aliphatic rings. The van der Waals surface area contributed by atoms with Crippen molar-refractivity contribution >= 4 is 11.3 Å². The molecule has 76 valence electrons. The number of aliphatic hydroxyl groups is 1. The zero-order valence-electron chi connectivity index (χ0n) is 8.20. The Morgan fingerprint density at radius 3 is 2.79 bits per heavy atom. The van der Waals surface area contributed by atoms with E-state index in [1.54, 1.807) is 11.3 Å². The molecule has 2 saturated carbocycles. The summed E-state index contributed by atoms with van der Waals surface area (Å²) in [6, 6.07) is 0. The molecular formula is C11H15NOS. The Balaban J connectivity index is 1.97. The number of thiazole rings is 1. The van der Waals surface area contributed by atoms with Crippen LogP contribution in [0.5, 0.6) is 0 Å². The second kappa shape index (κ2) is 3.04. The average molecular weight is 209 g/mol. The third-order valence-electron chi connectivity index (χ3n) is 3.65. The van der Waals surface area contributed by atoms with Crippen LogP contribution in [0, 0.1) is 0 Å². The van der Waals surface area contributed by atoms with Gasteiger partial charge in [0.05, 0.1) is 17.8 Å². The summed E-state index contributed by atoms with van der Waals surface area (Å²) >= 11 is 1.75. The molecule has 2 nitrogen and oxygen atoms in total. The summed E-state index contributed by atoms with van der Waals surface area (Å²) in [6.45, 7) is 0.314. The van der Waals surface area contributed by atoms with E-state index in [9.17, 15) is 5.11 Å². The van der Waals surface area contributed by atoms with Crippen molar-refractivity contribution in [1.82, 2.24) is 4.98 Å². The first-order chi connectivity index (χ1) is 6.86. The molecule has 2 aliphatic carbocycles. The predicted molar refractivity (Wildman–Crippen MR) is 56.7 cm³/mol.